The topological polar surface area (TPSA) is 26.0 Å². The first-order valence-corrected chi connectivity index (χ1v) is 6.84. The highest BCUT2D eigenvalue weighted by Crippen LogP contribution is 2.36. The zero-order valence-electron chi connectivity index (χ0n) is 7.04. The molecule has 0 aliphatic carbocycles. The molecular formula is C9H7BrClNS2. The van der Waals surface area contributed by atoms with Crippen LogP contribution in [-0.4, -0.2) is 0 Å². The monoisotopic (exact) mass is 307 g/mol. The highest BCUT2D eigenvalue weighted by atomic mass is 79.9. The van der Waals surface area contributed by atoms with Crippen molar-refractivity contribution in [3.63, 3.8) is 0 Å². The average molecular weight is 309 g/mol. The fourth-order valence-corrected chi connectivity index (χ4v) is 3.61. The lowest BCUT2D eigenvalue weighted by Crippen LogP contribution is -2.08. The predicted octanol–water partition coefficient (Wildman–Crippen LogP) is 4.27. The Morgan fingerprint density at radius 1 is 1.50 bits per heavy atom. The summed E-state index contributed by atoms with van der Waals surface area (Å²) in [7, 11) is 0. The maximum atomic E-state index is 6.08. The Morgan fingerprint density at radius 3 is 2.79 bits per heavy atom. The molecule has 0 fully saturated rings. The summed E-state index contributed by atoms with van der Waals surface area (Å²) in [5.74, 6) is 0. The van der Waals surface area contributed by atoms with Crippen LogP contribution in [0.3, 0.4) is 0 Å². The highest BCUT2D eigenvalue weighted by Gasteiger charge is 2.13. The van der Waals surface area contributed by atoms with E-state index in [1.54, 1.807) is 22.7 Å². The fraction of sp³-hybridized carbons (Fsp3) is 0.111. The number of halogens is 2. The van der Waals surface area contributed by atoms with E-state index in [2.05, 4.69) is 21.3 Å². The van der Waals surface area contributed by atoms with Gasteiger partial charge < -0.3 is 5.73 Å². The molecule has 0 aliphatic heterocycles. The molecule has 1 nitrogen and oxygen atoms in total. The Hall–Kier alpha value is 0.130. The van der Waals surface area contributed by atoms with Gasteiger partial charge in [0.25, 0.3) is 0 Å². The van der Waals surface area contributed by atoms with Crippen molar-refractivity contribution in [2.45, 2.75) is 6.04 Å². The maximum Gasteiger partial charge on any atom is 0.0888 e. The van der Waals surface area contributed by atoms with E-state index in [0.717, 1.165) is 19.2 Å². The third-order valence-electron chi connectivity index (χ3n) is 1.87. The molecule has 0 saturated carbocycles. The van der Waals surface area contributed by atoms with Crippen LogP contribution in [0.4, 0.5) is 0 Å². The second-order valence-electron chi connectivity index (χ2n) is 2.80. The van der Waals surface area contributed by atoms with Crippen molar-refractivity contribution in [3.8, 4) is 0 Å². The Balaban J connectivity index is 2.32. The molecule has 0 amide bonds. The fourth-order valence-electron chi connectivity index (χ4n) is 1.13. The molecule has 0 saturated heterocycles. The van der Waals surface area contributed by atoms with Gasteiger partial charge in [0.05, 0.1) is 14.9 Å². The smallest absolute Gasteiger partial charge is 0.0888 e. The number of rotatable bonds is 2. The summed E-state index contributed by atoms with van der Waals surface area (Å²) in [4.78, 5) is 1.08. The Labute approximate surface area is 104 Å². The van der Waals surface area contributed by atoms with E-state index in [1.807, 2.05) is 17.5 Å². The average Bonchev–Trinajstić information content (AvgIpc) is 2.76. The van der Waals surface area contributed by atoms with E-state index in [1.165, 1.54) is 0 Å². The van der Waals surface area contributed by atoms with Crippen LogP contribution in [0.15, 0.2) is 26.7 Å². The van der Waals surface area contributed by atoms with Crippen molar-refractivity contribution in [1.82, 2.24) is 0 Å². The molecule has 2 aromatic rings. The summed E-state index contributed by atoms with van der Waals surface area (Å²) < 4.78 is 0.944. The van der Waals surface area contributed by atoms with Gasteiger partial charge in [0, 0.05) is 4.88 Å². The largest absolute Gasteiger partial charge is 0.320 e. The van der Waals surface area contributed by atoms with Crippen LogP contribution < -0.4 is 5.73 Å². The molecule has 1 atom stereocenters. The van der Waals surface area contributed by atoms with Crippen molar-refractivity contribution in [3.05, 3.63) is 42.1 Å². The second-order valence-corrected chi connectivity index (χ2v) is 6.39. The van der Waals surface area contributed by atoms with E-state index >= 15 is 0 Å². The van der Waals surface area contributed by atoms with E-state index in [-0.39, 0.29) is 6.04 Å². The Morgan fingerprint density at radius 2 is 2.29 bits per heavy atom. The van der Waals surface area contributed by atoms with Crippen LogP contribution in [0.25, 0.3) is 0 Å². The van der Waals surface area contributed by atoms with E-state index in [9.17, 15) is 0 Å². The first kappa shape index (κ1) is 10.6. The molecule has 0 radical (unpaired) electrons. The molecule has 14 heavy (non-hydrogen) atoms. The van der Waals surface area contributed by atoms with E-state index in [4.69, 9.17) is 17.3 Å². The van der Waals surface area contributed by atoms with Crippen LogP contribution in [0.5, 0.6) is 0 Å². The van der Waals surface area contributed by atoms with Gasteiger partial charge in [-0.1, -0.05) is 11.6 Å². The summed E-state index contributed by atoms with van der Waals surface area (Å²) >= 11 is 12.6. The lowest BCUT2D eigenvalue weighted by Gasteiger charge is -2.05. The highest BCUT2D eigenvalue weighted by molar-refractivity contribution is 9.11. The van der Waals surface area contributed by atoms with E-state index < -0.39 is 0 Å². The molecule has 74 valence electrons. The van der Waals surface area contributed by atoms with Gasteiger partial charge in [-0.25, -0.2) is 0 Å². The first-order chi connectivity index (χ1) is 6.68. The molecular weight excluding hydrogens is 302 g/mol. The van der Waals surface area contributed by atoms with Crippen molar-refractivity contribution >= 4 is 50.2 Å². The lowest BCUT2D eigenvalue weighted by atomic mass is 10.1. The van der Waals surface area contributed by atoms with Crippen molar-refractivity contribution in [1.29, 1.82) is 0 Å². The zero-order valence-corrected chi connectivity index (χ0v) is 11.0. The maximum absolute atomic E-state index is 6.08. The van der Waals surface area contributed by atoms with Crippen LogP contribution >= 0.6 is 50.2 Å². The van der Waals surface area contributed by atoms with Crippen molar-refractivity contribution in [2.24, 2.45) is 5.73 Å². The van der Waals surface area contributed by atoms with Gasteiger partial charge in [-0.2, -0.15) is 11.3 Å². The van der Waals surface area contributed by atoms with Gasteiger partial charge in [-0.3, -0.25) is 0 Å². The third kappa shape index (κ3) is 2.04. The first-order valence-electron chi connectivity index (χ1n) is 3.91. The molecule has 0 aromatic carbocycles. The number of thiophene rings is 2. The standard InChI is InChI=1S/C9H7BrClNS2/c10-9-6(11)3-7(14-9)8(12)5-1-2-13-4-5/h1-4,8H,12H2. The SMILES string of the molecule is NC(c1ccsc1)c1cc(Cl)c(Br)s1. The summed E-state index contributed by atoms with van der Waals surface area (Å²) in [6, 6.07) is 3.89. The molecule has 1 unspecified atom stereocenters. The third-order valence-corrected chi connectivity index (χ3v) is 5.13. The molecule has 2 N–H and O–H groups in total. The van der Waals surface area contributed by atoms with Gasteiger partial charge in [0.15, 0.2) is 0 Å². The zero-order chi connectivity index (χ0) is 10.1. The minimum atomic E-state index is -0.0601. The molecule has 0 spiro atoms. The Bertz CT molecular complexity index is 404. The van der Waals surface area contributed by atoms with Gasteiger partial charge in [0.1, 0.15) is 0 Å². The number of nitrogens with two attached hydrogens (primary N) is 1. The summed E-state index contributed by atoms with van der Waals surface area (Å²) in [6.07, 6.45) is 0. The predicted molar refractivity (Wildman–Crippen MR) is 67.4 cm³/mol. The van der Waals surface area contributed by atoms with Crippen molar-refractivity contribution in [2.75, 3.05) is 0 Å². The van der Waals surface area contributed by atoms with Crippen LogP contribution in [0, 0.1) is 0 Å². The van der Waals surface area contributed by atoms with E-state index in [0.29, 0.717) is 0 Å². The molecule has 5 heteroatoms. The van der Waals surface area contributed by atoms with Crippen LogP contribution in [0.2, 0.25) is 5.02 Å². The van der Waals surface area contributed by atoms with Gasteiger partial charge >= 0.3 is 0 Å². The molecule has 0 bridgehead atoms. The van der Waals surface area contributed by atoms with Crippen LogP contribution in [-0.2, 0) is 0 Å². The van der Waals surface area contributed by atoms with Gasteiger partial charge in [0.2, 0.25) is 0 Å². The molecule has 0 aliphatic rings. The minimum Gasteiger partial charge on any atom is -0.320 e. The number of hydrogen-bond acceptors (Lipinski definition) is 3. The normalized spacial score (nSPS) is 13.1. The summed E-state index contributed by atoms with van der Waals surface area (Å²) in [6.45, 7) is 0. The number of hydrogen-bond donors (Lipinski definition) is 1. The summed E-state index contributed by atoms with van der Waals surface area (Å²) in [5.41, 5.74) is 7.22. The Kier molecular flexibility index (Phi) is 3.29. The lowest BCUT2D eigenvalue weighted by molar-refractivity contribution is 0.899. The molecule has 2 aromatic heterocycles. The summed E-state index contributed by atoms with van der Waals surface area (Å²) in [5, 5.41) is 4.82. The second kappa shape index (κ2) is 4.33. The van der Waals surface area contributed by atoms with Gasteiger partial charge in [-0.15, -0.1) is 11.3 Å². The quantitative estimate of drug-likeness (QED) is 0.880. The molecule has 2 heterocycles. The minimum absolute atomic E-state index is 0.0601. The van der Waals surface area contributed by atoms with Crippen LogP contribution in [0.1, 0.15) is 16.5 Å². The molecule has 2 rings (SSSR count). The van der Waals surface area contributed by atoms with Gasteiger partial charge in [-0.05, 0) is 44.4 Å². The van der Waals surface area contributed by atoms with Crippen molar-refractivity contribution < 1.29 is 0 Å².